The van der Waals surface area contributed by atoms with Crippen molar-refractivity contribution in [2.24, 2.45) is 0 Å². The lowest BCUT2D eigenvalue weighted by Gasteiger charge is -2.23. The molecule has 0 aliphatic heterocycles. The monoisotopic (exact) mass is 363 g/mol. The molecule has 0 aliphatic rings. The number of aromatic carboxylic acids is 1. The van der Waals surface area contributed by atoms with Gasteiger partial charge in [-0.2, -0.15) is 8.42 Å². The predicted octanol–water partition coefficient (Wildman–Crippen LogP) is 2.93. The average molecular weight is 363 g/mol. The summed E-state index contributed by atoms with van der Waals surface area (Å²) < 4.78 is 29.4. The molecule has 25 heavy (non-hydrogen) atoms. The van der Waals surface area contributed by atoms with Gasteiger partial charge in [0.05, 0.1) is 17.1 Å². The summed E-state index contributed by atoms with van der Waals surface area (Å²) in [5, 5.41) is 8.93. The maximum Gasteiger partial charge on any atom is 0.335 e. The van der Waals surface area contributed by atoms with E-state index < -0.39 is 16.1 Å². The topological polar surface area (TPSA) is 83.9 Å². The lowest BCUT2D eigenvalue weighted by Crippen LogP contribution is -2.28. The van der Waals surface area contributed by atoms with Crippen molar-refractivity contribution in [2.75, 3.05) is 24.6 Å². The molecule has 0 unspecified atom stereocenters. The van der Waals surface area contributed by atoms with Crippen molar-refractivity contribution in [3.8, 4) is 0 Å². The Morgan fingerprint density at radius 3 is 2.20 bits per heavy atom. The molecule has 7 heteroatoms. The van der Waals surface area contributed by atoms with E-state index in [0.29, 0.717) is 13.1 Å². The third kappa shape index (κ3) is 5.04. The molecule has 2 aromatic carbocycles. The molecule has 2 rings (SSSR count). The largest absolute Gasteiger partial charge is 0.478 e. The van der Waals surface area contributed by atoms with E-state index in [1.165, 1.54) is 24.3 Å². The number of rotatable bonds is 8. The Labute approximate surface area is 147 Å². The number of anilines is 1. The van der Waals surface area contributed by atoms with Gasteiger partial charge < -0.3 is 10.0 Å². The van der Waals surface area contributed by atoms with Gasteiger partial charge in [-0.05, 0) is 50.2 Å². The van der Waals surface area contributed by atoms with Gasteiger partial charge in [0.1, 0.15) is 0 Å². The zero-order valence-corrected chi connectivity index (χ0v) is 15.0. The molecular weight excluding hydrogens is 342 g/mol. The van der Waals surface area contributed by atoms with Crippen LogP contribution >= 0.6 is 0 Å². The Balaban J connectivity index is 1.98. The minimum Gasteiger partial charge on any atom is -0.478 e. The van der Waals surface area contributed by atoms with Crippen LogP contribution in [0.1, 0.15) is 22.8 Å². The van der Waals surface area contributed by atoms with Gasteiger partial charge in [-0.25, -0.2) is 4.79 Å². The molecule has 0 radical (unpaired) electrons. The number of carboxylic acid groups (broad SMARTS) is 1. The fourth-order valence-corrected chi connectivity index (χ4v) is 3.21. The van der Waals surface area contributed by atoms with Crippen LogP contribution < -0.4 is 4.90 Å². The summed E-state index contributed by atoms with van der Waals surface area (Å²) in [6.45, 7) is 4.82. The van der Waals surface area contributed by atoms with Gasteiger partial charge in [0.25, 0.3) is 10.1 Å². The van der Waals surface area contributed by atoms with Gasteiger partial charge in [-0.15, -0.1) is 0 Å². The number of carbonyl (C=O) groups is 1. The lowest BCUT2D eigenvalue weighted by molar-refractivity contribution is 0.0697. The van der Waals surface area contributed by atoms with E-state index in [4.69, 9.17) is 9.29 Å². The first-order chi connectivity index (χ1) is 11.8. The second-order valence-corrected chi connectivity index (χ2v) is 7.14. The van der Waals surface area contributed by atoms with E-state index in [1.807, 2.05) is 18.7 Å². The molecule has 0 saturated heterocycles. The van der Waals surface area contributed by atoms with Crippen molar-refractivity contribution in [3.63, 3.8) is 0 Å². The molecule has 6 nitrogen and oxygen atoms in total. The summed E-state index contributed by atoms with van der Waals surface area (Å²) in [5.74, 6) is -0.984. The molecule has 0 aliphatic carbocycles. The molecule has 1 N–H and O–H groups in total. The standard InChI is InChI=1S/C18H21NO5S/c1-3-19(16-8-6-15(7-9-16)18(20)21)12-13-24-25(22,23)17-10-4-14(2)5-11-17/h4-11H,3,12-13H2,1-2H3,(H,20,21). The zero-order chi connectivity index (χ0) is 18.4. The fraction of sp³-hybridized carbons (Fsp3) is 0.278. The number of nitrogens with zero attached hydrogens (tertiary/aromatic N) is 1. The number of benzene rings is 2. The molecule has 134 valence electrons. The summed E-state index contributed by atoms with van der Waals surface area (Å²) in [6.07, 6.45) is 0. The van der Waals surface area contributed by atoms with Crippen LogP contribution in [0, 0.1) is 6.92 Å². The minimum absolute atomic E-state index is 0.00469. The first-order valence-electron chi connectivity index (χ1n) is 7.88. The molecule has 0 atom stereocenters. The predicted molar refractivity (Wildman–Crippen MR) is 95.6 cm³/mol. The van der Waals surface area contributed by atoms with Crippen molar-refractivity contribution in [2.45, 2.75) is 18.7 Å². The Hall–Kier alpha value is -2.38. The second-order valence-electron chi connectivity index (χ2n) is 5.52. The average Bonchev–Trinajstić information content (AvgIpc) is 2.59. The molecule has 0 fully saturated rings. The van der Waals surface area contributed by atoms with Gasteiger partial charge in [-0.3, -0.25) is 4.18 Å². The maximum atomic E-state index is 12.2. The van der Waals surface area contributed by atoms with Crippen LogP contribution in [0.4, 0.5) is 5.69 Å². The summed E-state index contributed by atoms with van der Waals surface area (Å²) in [5.41, 5.74) is 1.99. The normalized spacial score (nSPS) is 11.3. The molecule has 2 aromatic rings. The lowest BCUT2D eigenvalue weighted by atomic mass is 10.2. The van der Waals surface area contributed by atoms with E-state index >= 15 is 0 Å². The van der Waals surface area contributed by atoms with E-state index in [0.717, 1.165) is 11.3 Å². The van der Waals surface area contributed by atoms with E-state index in [-0.39, 0.29) is 17.1 Å². The van der Waals surface area contributed by atoms with Crippen LogP contribution in [-0.2, 0) is 14.3 Å². The molecule has 0 amide bonds. The van der Waals surface area contributed by atoms with Crippen molar-refractivity contribution in [3.05, 3.63) is 59.7 Å². The molecular formula is C18H21NO5S. The highest BCUT2D eigenvalue weighted by molar-refractivity contribution is 7.86. The summed E-state index contributed by atoms with van der Waals surface area (Å²) in [7, 11) is -3.79. The Bertz CT molecular complexity index is 814. The summed E-state index contributed by atoms with van der Waals surface area (Å²) >= 11 is 0. The number of likely N-dealkylation sites (N-methyl/N-ethyl adjacent to an activating group) is 1. The number of aryl methyl sites for hydroxylation is 1. The molecule has 0 spiro atoms. The summed E-state index contributed by atoms with van der Waals surface area (Å²) in [4.78, 5) is 12.9. The van der Waals surface area contributed by atoms with Crippen LogP contribution in [0.3, 0.4) is 0 Å². The molecule has 0 saturated carbocycles. The van der Waals surface area contributed by atoms with Crippen LogP contribution in [0.5, 0.6) is 0 Å². The molecule has 0 bridgehead atoms. The Morgan fingerprint density at radius 2 is 1.68 bits per heavy atom. The SMILES string of the molecule is CCN(CCOS(=O)(=O)c1ccc(C)cc1)c1ccc(C(=O)O)cc1. The van der Waals surface area contributed by atoms with Crippen molar-refractivity contribution in [1.29, 1.82) is 0 Å². The van der Waals surface area contributed by atoms with Crippen LogP contribution in [-0.4, -0.2) is 39.2 Å². The number of carboxylic acids is 1. The minimum atomic E-state index is -3.79. The smallest absolute Gasteiger partial charge is 0.335 e. The first-order valence-corrected chi connectivity index (χ1v) is 9.28. The van der Waals surface area contributed by atoms with Crippen LogP contribution in [0.25, 0.3) is 0 Å². The third-order valence-corrected chi connectivity index (χ3v) is 5.10. The van der Waals surface area contributed by atoms with Crippen LogP contribution in [0.15, 0.2) is 53.4 Å². The van der Waals surface area contributed by atoms with E-state index in [2.05, 4.69) is 0 Å². The maximum absolute atomic E-state index is 12.2. The highest BCUT2D eigenvalue weighted by Crippen LogP contribution is 2.17. The second kappa shape index (κ2) is 8.13. The van der Waals surface area contributed by atoms with E-state index in [9.17, 15) is 13.2 Å². The van der Waals surface area contributed by atoms with Gasteiger partial charge in [0.2, 0.25) is 0 Å². The highest BCUT2D eigenvalue weighted by Gasteiger charge is 2.15. The van der Waals surface area contributed by atoms with Gasteiger partial charge in [0, 0.05) is 18.8 Å². The fourth-order valence-electron chi connectivity index (χ4n) is 2.31. The van der Waals surface area contributed by atoms with Crippen molar-refractivity contribution >= 4 is 21.8 Å². The van der Waals surface area contributed by atoms with E-state index in [1.54, 1.807) is 24.3 Å². The van der Waals surface area contributed by atoms with Crippen molar-refractivity contribution in [1.82, 2.24) is 0 Å². The Morgan fingerprint density at radius 1 is 1.08 bits per heavy atom. The number of hydrogen-bond acceptors (Lipinski definition) is 5. The quantitative estimate of drug-likeness (QED) is 0.726. The van der Waals surface area contributed by atoms with Crippen LogP contribution in [0.2, 0.25) is 0 Å². The van der Waals surface area contributed by atoms with Gasteiger partial charge in [0.15, 0.2) is 0 Å². The third-order valence-electron chi connectivity index (χ3n) is 3.77. The number of hydrogen-bond donors (Lipinski definition) is 1. The van der Waals surface area contributed by atoms with Crippen molar-refractivity contribution < 1.29 is 22.5 Å². The Kier molecular flexibility index (Phi) is 6.17. The zero-order valence-electron chi connectivity index (χ0n) is 14.2. The van der Waals surface area contributed by atoms with Gasteiger partial charge >= 0.3 is 5.97 Å². The first kappa shape index (κ1) is 19.0. The highest BCUT2D eigenvalue weighted by atomic mass is 32.2. The molecule has 0 heterocycles. The molecule has 0 aromatic heterocycles. The van der Waals surface area contributed by atoms with Gasteiger partial charge in [-0.1, -0.05) is 17.7 Å². The summed E-state index contributed by atoms with van der Waals surface area (Å²) in [6, 6.07) is 12.9.